The van der Waals surface area contributed by atoms with E-state index in [4.69, 9.17) is 5.73 Å². The molecule has 0 saturated carbocycles. The van der Waals surface area contributed by atoms with Gasteiger partial charge in [-0.2, -0.15) is 0 Å². The number of rotatable bonds is 2. The van der Waals surface area contributed by atoms with Crippen LogP contribution < -0.4 is 5.73 Å². The van der Waals surface area contributed by atoms with Gasteiger partial charge in [-0.1, -0.05) is 6.92 Å². The van der Waals surface area contributed by atoms with Crippen LogP contribution in [0.1, 0.15) is 6.92 Å². The van der Waals surface area contributed by atoms with E-state index in [1.54, 1.807) is 17.8 Å². The number of anilines is 1. The molecule has 0 bridgehead atoms. The van der Waals surface area contributed by atoms with E-state index in [1.807, 2.05) is 6.92 Å². The van der Waals surface area contributed by atoms with Crippen LogP contribution in [0.25, 0.3) is 0 Å². The van der Waals surface area contributed by atoms with Crippen molar-refractivity contribution in [2.75, 3.05) is 11.5 Å². The van der Waals surface area contributed by atoms with Crippen LogP contribution in [0.3, 0.4) is 0 Å². The monoisotopic (exact) mass is 171 g/mol. The number of nitrogens with two attached hydrogens (primary N) is 1. The summed E-state index contributed by atoms with van der Waals surface area (Å²) in [5.74, 6) is 0.684. The summed E-state index contributed by atoms with van der Waals surface area (Å²) in [5, 5.41) is 0. The summed E-state index contributed by atoms with van der Waals surface area (Å²) in [5.41, 5.74) is 6.24. The number of nitrogen functional groups attached to an aromatic ring is 1. The summed E-state index contributed by atoms with van der Waals surface area (Å²) >= 11 is 1.55. The number of thioether (sulfide) groups is 1. The fourth-order valence-corrected chi connectivity index (χ4v) is 1.53. The normalized spacial score (nSPS) is 10.0. The summed E-state index contributed by atoms with van der Waals surface area (Å²) in [7, 11) is 0. The van der Waals surface area contributed by atoms with Crippen LogP contribution in [-0.4, -0.2) is 5.75 Å². The van der Waals surface area contributed by atoms with Crippen molar-refractivity contribution in [2.45, 2.75) is 11.8 Å². The Bertz CT molecular complexity index is 250. The highest BCUT2D eigenvalue weighted by Gasteiger charge is 1.99. The molecule has 0 atom stereocenters. The summed E-state index contributed by atoms with van der Waals surface area (Å²) in [6.07, 6.45) is 0. The molecule has 0 aromatic heterocycles. The molecule has 0 amide bonds. The zero-order valence-electron chi connectivity index (χ0n) is 6.30. The van der Waals surface area contributed by atoms with E-state index in [0.29, 0.717) is 5.69 Å². The lowest BCUT2D eigenvalue weighted by Gasteiger charge is -2.01. The predicted molar refractivity (Wildman–Crippen MR) is 47.2 cm³/mol. The Labute approximate surface area is 69.8 Å². The van der Waals surface area contributed by atoms with Gasteiger partial charge in [0.1, 0.15) is 5.82 Å². The number of hydrogen-bond donors (Lipinski definition) is 1. The molecule has 0 radical (unpaired) electrons. The Morgan fingerprint density at radius 2 is 2.27 bits per heavy atom. The van der Waals surface area contributed by atoms with Gasteiger partial charge in [0.25, 0.3) is 0 Å². The van der Waals surface area contributed by atoms with Gasteiger partial charge in [-0.25, -0.2) is 4.39 Å². The van der Waals surface area contributed by atoms with Crippen molar-refractivity contribution in [1.82, 2.24) is 0 Å². The molecule has 0 heterocycles. The van der Waals surface area contributed by atoms with Crippen LogP contribution in [0.2, 0.25) is 0 Å². The molecule has 1 aromatic rings. The van der Waals surface area contributed by atoms with Crippen molar-refractivity contribution in [3.05, 3.63) is 24.0 Å². The van der Waals surface area contributed by atoms with Crippen LogP contribution >= 0.6 is 11.8 Å². The predicted octanol–water partition coefficient (Wildman–Crippen LogP) is 2.52. The van der Waals surface area contributed by atoms with Crippen LogP contribution in [-0.2, 0) is 0 Å². The molecule has 0 saturated heterocycles. The van der Waals surface area contributed by atoms with Gasteiger partial charge in [0.15, 0.2) is 0 Å². The minimum Gasteiger partial charge on any atom is -0.398 e. The molecule has 0 aliphatic heterocycles. The van der Waals surface area contributed by atoms with E-state index in [-0.39, 0.29) is 5.82 Å². The van der Waals surface area contributed by atoms with E-state index in [0.717, 1.165) is 10.6 Å². The molecule has 11 heavy (non-hydrogen) atoms. The van der Waals surface area contributed by atoms with E-state index in [9.17, 15) is 4.39 Å². The third-order valence-corrected chi connectivity index (χ3v) is 2.23. The highest BCUT2D eigenvalue weighted by molar-refractivity contribution is 7.99. The topological polar surface area (TPSA) is 26.0 Å². The molecule has 0 aliphatic carbocycles. The molecule has 1 aromatic carbocycles. The maximum atomic E-state index is 12.6. The second kappa shape index (κ2) is 3.62. The molecule has 3 heteroatoms. The Kier molecular flexibility index (Phi) is 2.76. The average molecular weight is 171 g/mol. The lowest BCUT2D eigenvalue weighted by atomic mass is 10.3. The maximum absolute atomic E-state index is 12.6. The fourth-order valence-electron chi connectivity index (χ4n) is 0.789. The lowest BCUT2D eigenvalue weighted by molar-refractivity contribution is 0.624. The molecule has 2 N–H and O–H groups in total. The Morgan fingerprint density at radius 1 is 1.55 bits per heavy atom. The van der Waals surface area contributed by atoms with E-state index < -0.39 is 0 Å². The van der Waals surface area contributed by atoms with Crippen LogP contribution in [0.4, 0.5) is 10.1 Å². The summed E-state index contributed by atoms with van der Waals surface area (Å²) in [6.45, 7) is 2.01. The highest BCUT2D eigenvalue weighted by atomic mass is 32.2. The molecule has 60 valence electrons. The van der Waals surface area contributed by atoms with Gasteiger partial charge in [0, 0.05) is 10.6 Å². The molecule has 1 rings (SSSR count). The van der Waals surface area contributed by atoms with Gasteiger partial charge >= 0.3 is 0 Å². The minimum atomic E-state index is -0.227. The molecular weight excluding hydrogens is 161 g/mol. The molecule has 0 spiro atoms. The Balaban J connectivity index is 2.93. The number of hydrogen-bond acceptors (Lipinski definition) is 2. The quantitative estimate of drug-likeness (QED) is 0.546. The molecule has 1 nitrogen and oxygen atoms in total. The van der Waals surface area contributed by atoms with E-state index in [2.05, 4.69) is 0 Å². The summed E-state index contributed by atoms with van der Waals surface area (Å²) < 4.78 is 12.6. The third kappa shape index (κ3) is 2.12. The first-order chi connectivity index (χ1) is 5.24. The number of benzene rings is 1. The highest BCUT2D eigenvalue weighted by Crippen LogP contribution is 2.24. The third-order valence-electron chi connectivity index (χ3n) is 1.28. The van der Waals surface area contributed by atoms with Crippen LogP contribution in [0, 0.1) is 5.82 Å². The van der Waals surface area contributed by atoms with Crippen LogP contribution in [0.5, 0.6) is 0 Å². The Hall–Kier alpha value is -0.700. The smallest absolute Gasteiger partial charge is 0.124 e. The first-order valence-electron chi connectivity index (χ1n) is 3.42. The zero-order chi connectivity index (χ0) is 8.27. The second-order valence-electron chi connectivity index (χ2n) is 2.12. The first kappa shape index (κ1) is 8.40. The van der Waals surface area contributed by atoms with Crippen molar-refractivity contribution < 1.29 is 4.39 Å². The van der Waals surface area contributed by atoms with Gasteiger partial charge in [-0.3, -0.25) is 0 Å². The molecule has 0 fully saturated rings. The van der Waals surface area contributed by atoms with Crippen LogP contribution in [0.15, 0.2) is 23.1 Å². The number of halogens is 1. The largest absolute Gasteiger partial charge is 0.398 e. The molecular formula is C8H10FNS. The van der Waals surface area contributed by atoms with Crippen molar-refractivity contribution in [3.63, 3.8) is 0 Å². The lowest BCUT2D eigenvalue weighted by Crippen LogP contribution is -1.89. The summed E-state index contributed by atoms with van der Waals surface area (Å²) in [6, 6.07) is 4.42. The SMILES string of the molecule is CCSc1cc(F)ccc1N. The van der Waals surface area contributed by atoms with Crippen molar-refractivity contribution in [3.8, 4) is 0 Å². The van der Waals surface area contributed by atoms with Gasteiger partial charge < -0.3 is 5.73 Å². The van der Waals surface area contributed by atoms with Gasteiger partial charge in [0.05, 0.1) is 0 Å². The standard InChI is InChI=1S/C8H10FNS/c1-2-11-8-5-6(9)3-4-7(8)10/h3-5H,2,10H2,1H3. The summed E-state index contributed by atoms with van der Waals surface area (Å²) in [4.78, 5) is 0.826. The Morgan fingerprint density at radius 3 is 2.91 bits per heavy atom. The van der Waals surface area contributed by atoms with E-state index in [1.165, 1.54) is 12.1 Å². The minimum absolute atomic E-state index is 0.227. The molecule has 0 unspecified atom stereocenters. The fraction of sp³-hybridized carbons (Fsp3) is 0.250. The van der Waals surface area contributed by atoms with Gasteiger partial charge in [-0.15, -0.1) is 11.8 Å². The van der Waals surface area contributed by atoms with Crippen molar-refractivity contribution >= 4 is 17.4 Å². The van der Waals surface area contributed by atoms with E-state index >= 15 is 0 Å². The second-order valence-corrected chi connectivity index (χ2v) is 3.42. The van der Waals surface area contributed by atoms with Gasteiger partial charge in [0.2, 0.25) is 0 Å². The maximum Gasteiger partial charge on any atom is 0.124 e. The average Bonchev–Trinajstić information content (AvgIpc) is 1.98. The molecule has 0 aliphatic rings. The van der Waals surface area contributed by atoms with Crippen molar-refractivity contribution in [2.24, 2.45) is 0 Å². The first-order valence-corrected chi connectivity index (χ1v) is 4.40. The van der Waals surface area contributed by atoms with Gasteiger partial charge in [-0.05, 0) is 24.0 Å². The zero-order valence-corrected chi connectivity index (χ0v) is 7.12. The van der Waals surface area contributed by atoms with Crippen molar-refractivity contribution in [1.29, 1.82) is 0 Å².